The van der Waals surface area contributed by atoms with Crippen LogP contribution in [0.1, 0.15) is 45.4 Å². The number of rotatable bonds is 3. The SMILES string of the molecule is CCC1CCCCN1CC1(N)CCOCC1. The molecule has 0 amide bonds. The molecule has 2 aliphatic rings. The molecule has 2 fully saturated rings. The quantitative estimate of drug-likeness (QED) is 0.797. The van der Waals surface area contributed by atoms with Crippen LogP contribution in [-0.2, 0) is 4.74 Å². The second-order valence-electron chi connectivity index (χ2n) is 5.50. The minimum absolute atomic E-state index is 0.0169. The Hall–Kier alpha value is -0.120. The second-order valence-corrected chi connectivity index (χ2v) is 5.50. The molecule has 0 aromatic heterocycles. The molecule has 3 nitrogen and oxygen atoms in total. The second kappa shape index (κ2) is 5.48. The first kappa shape index (κ1) is 12.3. The predicted octanol–water partition coefficient (Wildman–Crippen LogP) is 1.76. The summed E-state index contributed by atoms with van der Waals surface area (Å²) >= 11 is 0. The van der Waals surface area contributed by atoms with E-state index in [-0.39, 0.29) is 5.54 Å². The maximum Gasteiger partial charge on any atom is 0.0484 e. The van der Waals surface area contributed by atoms with E-state index in [0.717, 1.165) is 38.6 Å². The number of ether oxygens (including phenoxy) is 1. The fourth-order valence-corrected chi connectivity index (χ4v) is 3.07. The first-order chi connectivity index (χ1) is 7.73. The van der Waals surface area contributed by atoms with Gasteiger partial charge in [0.05, 0.1) is 0 Å². The van der Waals surface area contributed by atoms with Crippen LogP contribution >= 0.6 is 0 Å². The van der Waals surface area contributed by atoms with E-state index in [0.29, 0.717) is 0 Å². The molecule has 1 unspecified atom stereocenters. The number of hydrogen-bond acceptors (Lipinski definition) is 3. The van der Waals surface area contributed by atoms with E-state index in [4.69, 9.17) is 10.5 Å². The molecule has 0 spiro atoms. The molecule has 94 valence electrons. The van der Waals surface area contributed by atoms with E-state index in [9.17, 15) is 0 Å². The van der Waals surface area contributed by atoms with Crippen LogP contribution < -0.4 is 5.73 Å². The van der Waals surface area contributed by atoms with Crippen LogP contribution in [0.4, 0.5) is 0 Å². The lowest BCUT2D eigenvalue weighted by atomic mass is 9.88. The summed E-state index contributed by atoms with van der Waals surface area (Å²) in [5.41, 5.74) is 6.50. The van der Waals surface area contributed by atoms with Crippen molar-refractivity contribution in [1.29, 1.82) is 0 Å². The Labute approximate surface area is 99.3 Å². The van der Waals surface area contributed by atoms with Crippen LogP contribution in [-0.4, -0.2) is 42.8 Å². The first-order valence-electron chi connectivity index (χ1n) is 6.84. The van der Waals surface area contributed by atoms with Crippen molar-refractivity contribution in [2.24, 2.45) is 5.73 Å². The van der Waals surface area contributed by atoms with Gasteiger partial charge in [-0.15, -0.1) is 0 Å². The van der Waals surface area contributed by atoms with Gasteiger partial charge in [-0.05, 0) is 38.6 Å². The summed E-state index contributed by atoms with van der Waals surface area (Å²) in [7, 11) is 0. The van der Waals surface area contributed by atoms with Gasteiger partial charge in [-0.25, -0.2) is 0 Å². The van der Waals surface area contributed by atoms with Gasteiger partial charge in [-0.3, -0.25) is 4.90 Å². The number of nitrogens with zero attached hydrogens (tertiary/aromatic N) is 1. The highest BCUT2D eigenvalue weighted by Gasteiger charge is 2.33. The van der Waals surface area contributed by atoms with Crippen LogP contribution in [0.3, 0.4) is 0 Å². The van der Waals surface area contributed by atoms with Gasteiger partial charge >= 0.3 is 0 Å². The van der Waals surface area contributed by atoms with Crippen molar-refractivity contribution < 1.29 is 4.74 Å². The summed E-state index contributed by atoms with van der Waals surface area (Å²) < 4.78 is 5.41. The van der Waals surface area contributed by atoms with Crippen LogP contribution in [0.25, 0.3) is 0 Å². The third kappa shape index (κ3) is 2.96. The number of piperidine rings is 1. The molecule has 1 atom stereocenters. The standard InChI is InChI=1S/C13H26N2O/c1-2-12-5-3-4-8-15(12)11-13(14)6-9-16-10-7-13/h12H,2-11,14H2,1H3. The van der Waals surface area contributed by atoms with Gasteiger partial charge in [0.25, 0.3) is 0 Å². The zero-order chi connectivity index (χ0) is 11.4. The summed E-state index contributed by atoms with van der Waals surface area (Å²) in [6.45, 7) is 6.33. The topological polar surface area (TPSA) is 38.5 Å². The van der Waals surface area contributed by atoms with Crippen LogP contribution in [0, 0.1) is 0 Å². The molecule has 16 heavy (non-hydrogen) atoms. The Morgan fingerprint density at radius 3 is 2.75 bits per heavy atom. The van der Waals surface area contributed by atoms with Crippen LogP contribution in [0.15, 0.2) is 0 Å². The fraction of sp³-hybridized carbons (Fsp3) is 1.00. The maximum atomic E-state index is 6.49. The molecule has 2 aliphatic heterocycles. The molecule has 2 saturated heterocycles. The molecule has 2 rings (SSSR count). The monoisotopic (exact) mass is 226 g/mol. The molecule has 2 heterocycles. The molecule has 3 heteroatoms. The molecular weight excluding hydrogens is 200 g/mol. The number of likely N-dealkylation sites (tertiary alicyclic amines) is 1. The van der Waals surface area contributed by atoms with Crippen molar-refractivity contribution >= 4 is 0 Å². The molecule has 0 saturated carbocycles. The van der Waals surface area contributed by atoms with Gasteiger partial charge in [-0.2, -0.15) is 0 Å². The van der Waals surface area contributed by atoms with E-state index < -0.39 is 0 Å². The summed E-state index contributed by atoms with van der Waals surface area (Å²) in [6, 6.07) is 0.775. The minimum Gasteiger partial charge on any atom is -0.381 e. The largest absolute Gasteiger partial charge is 0.381 e. The fourth-order valence-electron chi connectivity index (χ4n) is 3.07. The summed E-state index contributed by atoms with van der Waals surface area (Å²) in [6.07, 6.45) is 7.44. The third-order valence-electron chi connectivity index (χ3n) is 4.23. The lowest BCUT2D eigenvalue weighted by Gasteiger charge is -2.43. The van der Waals surface area contributed by atoms with Gasteiger partial charge in [0.15, 0.2) is 0 Å². The van der Waals surface area contributed by atoms with Gasteiger partial charge in [0.2, 0.25) is 0 Å². The van der Waals surface area contributed by atoms with Gasteiger partial charge < -0.3 is 10.5 Å². The molecule has 0 bridgehead atoms. The maximum absolute atomic E-state index is 6.49. The Bertz CT molecular complexity index is 214. The lowest BCUT2D eigenvalue weighted by Crippen LogP contribution is -2.56. The number of nitrogens with two attached hydrogens (primary N) is 1. The predicted molar refractivity (Wildman–Crippen MR) is 66.5 cm³/mol. The first-order valence-corrected chi connectivity index (χ1v) is 6.84. The summed E-state index contributed by atoms with van der Waals surface area (Å²) in [5, 5.41) is 0. The minimum atomic E-state index is 0.0169. The van der Waals surface area contributed by atoms with Crippen molar-refractivity contribution in [2.45, 2.75) is 57.0 Å². The highest BCUT2D eigenvalue weighted by molar-refractivity contribution is 4.92. The van der Waals surface area contributed by atoms with Gasteiger partial charge in [0.1, 0.15) is 0 Å². The third-order valence-corrected chi connectivity index (χ3v) is 4.23. The molecule has 0 aromatic carbocycles. The van der Waals surface area contributed by atoms with Crippen LogP contribution in [0.2, 0.25) is 0 Å². The molecule has 0 aromatic rings. The zero-order valence-electron chi connectivity index (χ0n) is 10.6. The molecule has 2 N–H and O–H groups in total. The van der Waals surface area contributed by atoms with Gasteiger partial charge in [-0.1, -0.05) is 13.3 Å². The number of hydrogen-bond donors (Lipinski definition) is 1. The van der Waals surface area contributed by atoms with E-state index in [1.807, 2.05) is 0 Å². The summed E-state index contributed by atoms with van der Waals surface area (Å²) in [4.78, 5) is 2.63. The summed E-state index contributed by atoms with van der Waals surface area (Å²) in [5.74, 6) is 0. The van der Waals surface area contributed by atoms with Crippen molar-refractivity contribution in [3.8, 4) is 0 Å². The van der Waals surface area contributed by atoms with Crippen molar-refractivity contribution in [3.05, 3.63) is 0 Å². The van der Waals surface area contributed by atoms with Crippen molar-refractivity contribution in [1.82, 2.24) is 4.90 Å². The van der Waals surface area contributed by atoms with Crippen LogP contribution in [0.5, 0.6) is 0 Å². The Morgan fingerprint density at radius 2 is 2.06 bits per heavy atom. The zero-order valence-corrected chi connectivity index (χ0v) is 10.6. The molecule has 0 aliphatic carbocycles. The normalized spacial score (nSPS) is 31.5. The van der Waals surface area contributed by atoms with E-state index in [1.54, 1.807) is 0 Å². The van der Waals surface area contributed by atoms with E-state index >= 15 is 0 Å². The van der Waals surface area contributed by atoms with E-state index in [1.165, 1.54) is 32.2 Å². The van der Waals surface area contributed by atoms with Gasteiger partial charge in [0, 0.05) is 31.3 Å². The van der Waals surface area contributed by atoms with E-state index in [2.05, 4.69) is 11.8 Å². The Morgan fingerprint density at radius 1 is 1.31 bits per heavy atom. The Kier molecular flexibility index (Phi) is 4.22. The molecular formula is C13H26N2O. The highest BCUT2D eigenvalue weighted by atomic mass is 16.5. The lowest BCUT2D eigenvalue weighted by molar-refractivity contribution is 0.0233. The average Bonchev–Trinajstić information content (AvgIpc) is 2.30. The van der Waals surface area contributed by atoms with Crippen molar-refractivity contribution in [2.75, 3.05) is 26.3 Å². The smallest absolute Gasteiger partial charge is 0.0484 e. The highest BCUT2D eigenvalue weighted by Crippen LogP contribution is 2.25. The Balaban J connectivity index is 1.90. The average molecular weight is 226 g/mol. The van der Waals surface area contributed by atoms with Crippen molar-refractivity contribution in [3.63, 3.8) is 0 Å². The molecule has 0 radical (unpaired) electrons.